The largest absolute Gasteiger partial charge is 0.480 e. The van der Waals surface area contributed by atoms with Crippen molar-refractivity contribution < 1.29 is 43.5 Å². The third-order valence-electron chi connectivity index (χ3n) is 8.86. The third-order valence-corrected chi connectivity index (χ3v) is 8.86. The molecule has 0 bridgehead atoms. The second-order valence-electron chi connectivity index (χ2n) is 13.1. The van der Waals surface area contributed by atoms with Crippen LogP contribution in [0.4, 0.5) is 0 Å². The highest BCUT2D eigenvalue weighted by Gasteiger charge is 2.40. The van der Waals surface area contributed by atoms with Gasteiger partial charge in [0.05, 0.1) is 18.8 Å². The van der Waals surface area contributed by atoms with Gasteiger partial charge in [-0.15, -0.1) is 0 Å². The highest BCUT2D eigenvalue weighted by atomic mass is 16.4. The van der Waals surface area contributed by atoms with Crippen molar-refractivity contribution in [2.45, 2.75) is 108 Å². The second kappa shape index (κ2) is 21.7. The van der Waals surface area contributed by atoms with Gasteiger partial charge >= 0.3 is 5.97 Å². The van der Waals surface area contributed by atoms with Gasteiger partial charge in [-0.25, -0.2) is 9.78 Å². The van der Waals surface area contributed by atoms with Gasteiger partial charge in [0, 0.05) is 37.8 Å². The smallest absolute Gasteiger partial charge is 0.326 e. The lowest BCUT2D eigenvalue weighted by molar-refractivity contribution is -0.143. The topological polar surface area (TPSA) is 379 Å². The molecule has 1 fully saturated rings. The lowest BCUT2D eigenvalue weighted by Crippen LogP contribution is -2.60. The molecule has 54 heavy (non-hydrogen) atoms. The van der Waals surface area contributed by atoms with Crippen molar-refractivity contribution in [1.82, 2.24) is 36.1 Å². The number of nitrogens with zero attached hydrogens (tertiary/aromatic N) is 3. The Hall–Kier alpha value is -5.80. The Bertz CT molecular complexity index is 1520. The van der Waals surface area contributed by atoms with E-state index in [4.69, 9.17) is 28.7 Å². The molecule has 1 saturated heterocycles. The molecule has 1 aliphatic rings. The second-order valence-corrected chi connectivity index (χ2v) is 13.1. The lowest BCUT2D eigenvalue weighted by atomic mass is 9.96. The standard InChI is InChI=1S/C32H53N13O9/c1-3-16(2)25(29(51)42-20(31(53)54)6-4-10-39-32(36)37)44-27(49)19(8-9-23(34)46)41-28(50)22-7-5-11-45(22)30(52)21(13-24(35)47)43-26(48)18(33)12-17-14-38-15-40-17/h14-16,18-22,25H,3-13,33H2,1-2H3,(H2,34,46)(H2,35,47)(H,38,40)(H,41,50)(H,42,51)(H,43,48)(H,44,49)(H,53,54)(H4,36,37,39)/t16-,18-,19-,20-,21-,22-,25-/m0/s1. The maximum absolute atomic E-state index is 13.7. The van der Waals surface area contributed by atoms with E-state index in [1.54, 1.807) is 13.8 Å². The number of carboxylic acid groups (broad SMARTS) is 1. The number of aliphatic carboxylic acids is 1. The lowest BCUT2D eigenvalue weighted by Gasteiger charge is -2.31. The zero-order chi connectivity index (χ0) is 40.5. The Morgan fingerprint density at radius 1 is 0.944 bits per heavy atom. The number of aliphatic imine (C=N–C) groups is 1. The summed E-state index contributed by atoms with van der Waals surface area (Å²) >= 11 is 0. The highest BCUT2D eigenvalue weighted by Crippen LogP contribution is 2.20. The number of imidazole rings is 1. The molecule has 0 aliphatic carbocycles. The number of carbonyl (C=O) groups excluding carboxylic acids is 7. The van der Waals surface area contributed by atoms with Crippen LogP contribution in [0, 0.1) is 5.92 Å². The van der Waals surface area contributed by atoms with Crippen molar-refractivity contribution in [1.29, 1.82) is 0 Å². The van der Waals surface area contributed by atoms with E-state index in [1.807, 2.05) is 0 Å². The van der Waals surface area contributed by atoms with E-state index in [1.165, 1.54) is 12.5 Å². The molecular weight excluding hydrogens is 710 g/mol. The number of carboxylic acids is 1. The van der Waals surface area contributed by atoms with E-state index in [9.17, 15) is 43.5 Å². The number of aromatic amines is 1. The van der Waals surface area contributed by atoms with Crippen LogP contribution in [0.25, 0.3) is 0 Å². The predicted octanol–water partition coefficient (Wildman–Crippen LogP) is -4.47. The summed E-state index contributed by atoms with van der Waals surface area (Å²) in [6.45, 7) is 3.59. The zero-order valence-corrected chi connectivity index (χ0v) is 30.4. The van der Waals surface area contributed by atoms with Gasteiger partial charge in [0.1, 0.15) is 30.2 Å². The number of primary amides is 2. The Balaban J connectivity index is 2.23. The van der Waals surface area contributed by atoms with Gasteiger partial charge in [0.15, 0.2) is 5.96 Å². The minimum atomic E-state index is -1.46. The number of nitrogens with two attached hydrogens (primary N) is 5. The molecule has 0 spiro atoms. The summed E-state index contributed by atoms with van der Waals surface area (Å²) in [5.74, 6) is -7.69. The number of aromatic nitrogens is 2. The van der Waals surface area contributed by atoms with Crippen LogP contribution in [-0.2, 0) is 44.8 Å². The molecule has 7 amide bonds. The SMILES string of the molecule is CC[C@H](C)[C@H](NC(=O)[C@H](CCC(N)=O)NC(=O)[C@@H]1CCCN1C(=O)[C@H](CC(N)=O)NC(=O)[C@@H](N)Cc1cnc[nH]1)C(=O)N[C@@H](CCCN=C(N)N)C(=O)O. The number of hydrogen-bond acceptors (Lipinski definition) is 11. The Kier molecular flexibility index (Phi) is 17.8. The Morgan fingerprint density at radius 2 is 1.63 bits per heavy atom. The Labute approximate surface area is 311 Å². The fourth-order valence-corrected chi connectivity index (χ4v) is 5.71. The van der Waals surface area contributed by atoms with E-state index in [0.29, 0.717) is 18.5 Å². The molecular formula is C32H53N13O9. The molecule has 0 unspecified atom stereocenters. The van der Waals surface area contributed by atoms with Gasteiger partial charge in [0.25, 0.3) is 0 Å². The normalized spacial score (nSPS) is 17.1. The predicted molar refractivity (Wildman–Crippen MR) is 192 cm³/mol. The van der Waals surface area contributed by atoms with Crippen molar-refractivity contribution in [2.75, 3.05) is 13.1 Å². The number of carbonyl (C=O) groups is 8. The zero-order valence-electron chi connectivity index (χ0n) is 30.4. The summed E-state index contributed by atoms with van der Waals surface area (Å²) in [6.07, 6.45) is 2.81. The van der Waals surface area contributed by atoms with Crippen LogP contribution in [-0.4, -0.2) is 123 Å². The monoisotopic (exact) mass is 763 g/mol. The third kappa shape index (κ3) is 14.3. The number of nitrogens with one attached hydrogen (secondary N) is 5. The first-order valence-electron chi connectivity index (χ1n) is 17.5. The van der Waals surface area contributed by atoms with E-state index in [2.05, 4.69) is 36.2 Å². The maximum atomic E-state index is 13.7. The van der Waals surface area contributed by atoms with Crippen LogP contribution in [0.5, 0.6) is 0 Å². The first-order chi connectivity index (χ1) is 25.4. The minimum Gasteiger partial charge on any atom is -0.480 e. The molecule has 1 aromatic rings. The summed E-state index contributed by atoms with van der Waals surface area (Å²) in [5, 5.41) is 19.7. The fourth-order valence-electron chi connectivity index (χ4n) is 5.71. The van der Waals surface area contributed by atoms with Crippen LogP contribution in [0.2, 0.25) is 0 Å². The summed E-state index contributed by atoms with van der Waals surface area (Å²) < 4.78 is 0. The summed E-state index contributed by atoms with van der Waals surface area (Å²) in [4.78, 5) is 114. The average Bonchev–Trinajstić information content (AvgIpc) is 3.81. The minimum absolute atomic E-state index is 0.0190. The Morgan fingerprint density at radius 3 is 2.20 bits per heavy atom. The fraction of sp³-hybridized carbons (Fsp3) is 0.625. The summed E-state index contributed by atoms with van der Waals surface area (Å²) in [5.41, 5.74) is 27.9. The maximum Gasteiger partial charge on any atom is 0.326 e. The van der Waals surface area contributed by atoms with Gasteiger partial charge in [-0.05, 0) is 38.0 Å². The molecule has 7 atom stereocenters. The summed E-state index contributed by atoms with van der Waals surface area (Å²) in [6, 6.07) is -7.74. The first kappa shape index (κ1) is 44.4. The molecule has 16 N–H and O–H groups in total. The van der Waals surface area contributed by atoms with E-state index in [0.717, 1.165) is 4.90 Å². The molecule has 2 rings (SSSR count). The quantitative estimate of drug-likeness (QED) is 0.0285. The van der Waals surface area contributed by atoms with Gasteiger partial charge < -0.3 is 64.9 Å². The number of rotatable bonds is 23. The van der Waals surface area contributed by atoms with E-state index in [-0.39, 0.29) is 57.6 Å². The highest BCUT2D eigenvalue weighted by molar-refractivity contribution is 5.98. The van der Waals surface area contributed by atoms with Gasteiger partial charge in [-0.1, -0.05) is 20.3 Å². The summed E-state index contributed by atoms with van der Waals surface area (Å²) in [7, 11) is 0. The van der Waals surface area contributed by atoms with Crippen molar-refractivity contribution in [3.05, 3.63) is 18.2 Å². The molecule has 22 heteroatoms. The van der Waals surface area contributed by atoms with E-state index >= 15 is 0 Å². The van der Waals surface area contributed by atoms with Crippen LogP contribution in [0.1, 0.15) is 70.9 Å². The van der Waals surface area contributed by atoms with Gasteiger partial charge in [0.2, 0.25) is 41.4 Å². The van der Waals surface area contributed by atoms with Crippen molar-refractivity contribution in [2.24, 2.45) is 39.6 Å². The van der Waals surface area contributed by atoms with Crippen LogP contribution in [0.15, 0.2) is 17.5 Å². The van der Waals surface area contributed by atoms with Crippen LogP contribution in [0.3, 0.4) is 0 Å². The van der Waals surface area contributed by atoms with Crippen LogP contribution >= 0.6 is 0 Å². The average molecular weight is 764 g/mol. The molecule has 1 aromatic heterocycles. The molecule has 0 aromatic carbocycles. The molecule has 300 valence electrons. The number of hydrogen-bond donors (Lipinski definition) is 11. The molecule has 0 radical (unpaired) electrons. The molecule has 0 saturated carbocycles. The first-order valence-corrected chi connectivity index (χ1v) is 17.5. The van der Waals surface area contributed by atoms with Crippen LogP contribution < -0.4 is 49.9 Å². The van der Waals surface area contributed by atoms with Gasteiger partial charge in [-0.2, -0.15) is 0 Å². The molecule has 1 aliphatic heterocycles. The van der Waals surface area contributed by atoms with Gasteiger partial charge in [-0.3, -0.25) is 38.6 Å². The van der Waals surface area contributed by atoms with Crippen molar-refractivity contribution in [3.63, 3.8) is 0 Å². The number of guanidine groups is 1. The molecule has 2 heterocycles. The van der Waals surface area contributed by atoms with Crippen molar-refractivity contribution in [3.8, 4) is 0 Å². The van der Waals surface area contributed by atoms with Crippen molar-refractivity contribution >= 4 is 53.3 Å². The number of amides is 7. The molecule has 22 nitrogen and oxygen atoms in total. The van der Waals surface area contributed by atoms with E-state index < -0.39 is 95.9 Å². The number of likely N-dealkylation sites (tertiary alicyclic amines) is 1. The number of H-pyrrole nitrogens is 1.